The largest absolute Gasteiger partial charge is 0.335 e. The Hall–Kier alpha value is -0.570. The number of nitrogens with zero attached hydrogens (tertiary/aromatic N) is 1. The summed E-state index contributed by atoms with van der Waals surface area (Å²) in [5.74, 6) is 1.40. The Labute approximate surface area is 71.9 Å². The summed E-state index contributed by atoms with van der Waals surface area (Å²) in [6, 6.07) is 0.967. The fraction of sp³-hybridized carbons (Fsp3) is 0.889. The first-order valence-electron chi connectivity index (χ1n) is 4.85. The Kier molecular flexibility index (Phi) is 1.16. The quantitative estimate of drug-likeness (QED) is 0.625. The summed E-state index contributed by atoms with van der Waals surface area (Å²) >= 11 is 0. The van der Waals surface area contributed by atoms with Crippen molar-refractivity contribution in [2.45, 2.75) is 31.3 Å². The van der Waals surface area contributed by atoms with Crippen molar-refractivity contribution >= 4 is 5.91 Å². The van der Waals surface area contributed by atoms with Crippen LogP contribution in [0.5, 0.6) is 0 Å². The molecule has 3 nitrogen and oxygen atoms in total. The van der Waals surface area contributed by atoms with Gasteiger partial charge in [0.25, 0.3) is 0 Å². The highest BCUT2D eigenvalue weighted by Gasteiger charge is 2.60. The maximum Gasteiger partial charge on any atom is 0.226 e. The molecule has 1 aliphatic heterocycles. The number of fused-ring (bicyclic) bond motifs is 1. The van der Waals surface area contributed by atoms with Gasteiger partial charge in [-0.25, -0.2) is 0 Å². The molecule has 66 valence electrons. The van der Waals surface area contributed by atoms with Crippen molar-refractivity contribution in [2.24, 2.45) is 17.6 Å². The maximum absolute atomic E-state index is 11.7. The predicted octanol–water partition coefficient (Wildman–Crippen LogP) is -0.0456. The number of nitrogens with two attached hydrogens (primary N) is 1. The second-order valence-corrected chi connectivity index (χ2v) is 4.29. The molecule has 3 rings (SSSR count). The molecule has 3 aliphatic rings. The SMILES string of the molecule is NCC1C2CC2C(=O)N1C1CC1. The van der Waals surface area contributed by atoms with E-state index in [1.807, 2.05) is 0 Å². The van der Waals surface area contributed by atoms with Crippen LogP contribution in [0.4, 0.5) is 0 Å². The third kappa shape index (κ3) is 0.724. The number of likely N-dealkylation sites (tertiary alicyclic amines) is 1. The molecule has 3 fully saturated rings. The monoisotopic (exact) mass is 166 g/mol. The Morgan fingerprint density at radius 2 is 2.25 bits per heavy atom. The van der Waals surface area contributed by atoms with Crippen LogP contribution in [-0.4, -0.2) is 29.4 Å². The lowest BCUT2D eigenvalue weighted by atomic mass is 10.2. The smallest absolute Gasteiger partial charge is 0.226 e. The zero-order valence-corrected chi connectivity index (χ0v) is 7.07. The number of hydrogen-bond donors (Lipinski definition) is 1. The molecule has 12 heavy (non-hydrogen) atoms. The lowest BCUT2D eigenvalue weighted by Crippen LogP contribution is -2.42. The highest BCUT2D eigenvalue weighted by molar-refractivity contribution is 5.86. The number of rotatable bonds is 2. The molecule has 0 aromatic rings. The zero-order valence-electron chi connectivity index (χ0n) is 7.07. The normalized spacial score (nSPS) is 44.9. The Balaban J connectivity index is 1.85. The van der Waals surface area contributed by atoms with Crippen LogP contribution in [-0.2, 0) is 4.79 Å². The molecule has 0 spiro atoms. The summed E-state index contributed by atoms with van der Waals surface area (Å²) in [4.78, 5) is 13.8. The number of hydrogen-bond acceptors (Lipinski definition) is 2. The van der Waals surface area contributed by atoms with Gasteiger partial charge in [0.15, 0.2) is 0 Å². The van der Waals surface area contributed by atoms with Crippen LogP contribution in [0, 0.1) is 11.8 Å². The summed E-state index contributed by atoms with van der Waals surface area (Å²) in [5.41, 5.74) is 5.68. The van der Waals surface area contributed by atoms with Gasteiger partial charge in [-0.2, -0.15) is 0 Å². The van der Waals surface area contributed by atoms with E-state index in [4.69, 9.17) is 5.73 Å². The number of carbonyl (C=O) groups is 1. The average Bonchev–Trinajstić information content (AvgIpc) is 2.91. The molecule has 2 aliphatic carbocycles. The molecule has 0 aromatic carbocycles. The van der Waals surface area contributed by atoms with Crippen LogP contribution >= 0.6 is 0 Å². The Morgan fingerprint density at radius 3 is 2.83 bits per heavy atom. The predicted molar refractivity (Wildman–Crippen MR) is 44.3 cm³/mol. The lowest BCUT2D eigenvalue weighted by molar-refractivity contribution is -0.131. The van der Waals surface area contributed by atoms with Crippen molar-refractivity contribution in [1.82, 2.24) is 4.90 Å². The van der Waals surface area contributed by atoms with Crippen molar-refractivity contribution in [3.05, 3.63) is 0 Å². The van der Waals surface area contributed by atoms with Gasteiger partial charge in [0.1, 0.15) is 0 Å². The standard InChI is InChI=1S/C9H14N2O/c10-4-8-6-3-7(6)9(12)11(8)5-1-2-5/h5-8H,1-4,10H2. The van der Waals surface area contributed by atoms with Gasteiger partial charge in [0.05, 0.1) is 0 Å². The third-order valence-electron chi connectivity index (χ3n) is 3.44. The number of amides is 1. The topological polar surface area (TPSA) is 46.3 Å². The van der Waals surface area contributed by atoms with E-state index in [0.717, 1.165) is 6.42 Å². The second-order valence-electron chi connectivity index (χ2n) is 4.29. The molecule has 2 saturated carbocycles. The zero-order chi connectivity index (χ0) is 8.29. The van der Waals surface area contributed by atoms with Crippen LogP contribution in [0.2, 0.25) is 0 Å². The molecule has 1 saturated heterocycles. The average molecular weight is 166 g/mol. The minimum absolute atomic E-state index is 0.374. The fourth-order valence-electron chi connectivity index (χ4n) is 2.58. The van der Waals surface area contributed by atoms with Crippen LogP contribution in [0.25, 0.3) is 0 Å². The van der Waals surface area contributed by atoms with E-state index in [0.29, 0.717) is 36.4 Å². The molecule has 3 atom stereocenters. The molecule has 1 heterocycles. The highest BCUT2D eigenvalue weighted by atomic mass is 16.2. The van der Waals surface area contributed by atoms with Crippen LogP contribution in [0.1, 0.15) is 19.3 Å². The molecule has 0 radical (unpaired) electrons. The van der Waals surface area contributed by atoms with Crippen LogP contribution in [0.15, 0.2) is 0 Å². The van der Waals surface area contributed by atoms with Gasteiger partial charge in [-0.15, -0.1) is 0 Å². The van der Waals surface area contributed by atoms with E-state index in [9.17, 15) is 4.79 Å². The van der Waals surface area contributed by atoms with Crippen molar-refractivity contribution in [1.29, 1.82) is 0 Å². The molecular formula is C9H14N2O. The third-order valence-corrected chi connectivity index (χ3v) is 3.44. The molecule has 0 bridgehead atoms. The van der Waals surface area contributed by atoms with Crippen molar-refractivity contribution in [3.8, 4) is 0 Å². The van der Waals surface area contributed by atoms with Gasteiger partial charge in [-0.3, -0.25) is 4.79 Å². The van der Waals surface area contributed by atoms with Crippen LogP contribution < -0.4 is 5.73 Å². The van der Waals surface area contributed by atoms with E-state index in [1.54, 1.807) is 0 Å². The van der Waals surface area contributed by atoms with E-state index < -0.39 is 0 Å². The first-order chi connectivity index (χ1) is 5.83. The number of carbonyl (C=O) groups excluding carboxylic acids is 1. The highest BCUT2D eigenvalue weighted by Crippen LogP contribution is 2.53. The van der Waals surface area contributed by atoms with Crippen LogP contribution in [0.3, 0.4) is 0 Å². The van der Waals surface area contributed by atoms with Gasteiger partial charge >= 0.3 is 0 Å². The summed E-state index contributed by atoms with van der Waals surface area (Å²) in [6.07, 6.45) is 3.54. The fourth-order valence-corrected chi connectivity index (χ4v) is 2.58. The minimum atomic E-state index is 0.374. The lowest BCUT2D eigenvalue weighted by Gasteiger charge is -2.26. The van der Waals surface area contributed by atoms with Gasteiger partial charge in [-0.1, -0.05) is 0 Å². The summed E-state index contributed by atoms with van der Waals surface area (Å²) in [6.45, 7) is 0.670. The molecule has 3 heteroatoms. The van der Waals surface area contributed by atoms with Crippen molar-refractivity contribution < 1.29 is 4.79 Å². The number of piperidine rings is 1. The van der Waals surface area contributed by atoms with Crippen molar-refractivity contribution in [3.63, 3.8) is 0 Å². The molecule has 0 aromatic heterocycles. The minimum Gasteiger partial charge on any atom is -0.335 e. The first kappa shape index (κ1) is 6.89. The first-order valence-corrected chi connectivity index (χ1v) is 4.85. The van der Waals surface area contributed by atoms with Crippen molar-refractivity contribution in [2.75, 3.05) is 6.54 Å². The molecule has 2 N–H and O–H groups in total. The van der Waals surface area contributed by atoms with Gasteiger partial charge in [0.2, 0.25) is 5.91 Å². The van der Waals surface area contributed by atoms with Gasteiger partial charge in [-0.05, 0) is 25.2 Å². The molecule has 1 amide bonds. The summed E-state index contributed by atoms with van der Waals surface area (Å²) < 4.78 is 0. The Morgan fingerprint density at radius 1 is 1.50 bits per heavy atom. The van der Waals surface area contributed by atoms with E-state index in [2.05, 4.69) is 4.90 Å². The second kappa shape index (κ2) is 2.02. The Bertz CT molecular complexity index is 237. The van der Waals surface area contributed by atoms with Gasteiger partial charge in [0, 0.05) is 24.5 Å². The van der Waals surface area contributed by atoms with Gasteiger partial charge < -0.3 is 10.6 Å². The molecular weight excluding hydrogens is 152 g/mol. The van der Waals surface area contributed by atoms with E-state index >= 15 is 0 Å². The molecule has 3 unspecified atom stereocenters. The summed E-state index contributed by atoms with van der Waals surface area (Å²) in [7, 11) is 0. The maximum atomic E-state index is 11.7. The summed E-state index contributed by atoms with van der Waals surface area (Å²) in [5, 5.41) is 0. The van der Waals surface area contributed by atoms with E-state index in [1.165, 1.54) is 12.8 Å². The van der Waals surface area contributed by atoms with E-state index in [-0.39, 0.29) is 0 Å².